The molecule has 0 bridgehead atoms. The maximum absolute atomic E-state index is 13.0. The summed E-state index contributed by atoms with van der Waals surface area (Å²) in [7, 11) is 1.83. The standard InChI is InChI=1S/C23H26FN3O2/c1-25-20-5-2-3-6-21(20)27(23(25)29)19-12-15-26(16-13-19)14-4-7-22(28)17-8-10-18(24)11-9-17/h2-3,5-6,8-11,19H,4,7,12-16H2,1H3/i24-1. The summed E-state index contributed by atoms with van der Waals surface area (Å²) in [6.45, 7) is 2.71. The molecule has 0 spiro atoms. The maximum atomic E-state index is 13.0. The van der Waals surface area contributed by atoms with E-state index < -0.39 is 0 Å². The summed E-state index contributed by atoms with van der Waals surface area (Å²) in [5, 5.41) is 0. The van der Waals surface area contributed by atoms with Crippen LogP contribution in [0.2, 0.25) is 0 Å². The Bertz CT molecular complexity index is 1060. The summed E-state index contributed by atoms with van der Waals surface area (Å²) >= 11 is 0. The fourth-order valence-electron chi connectivity index (χ4n) is 4.32. The lowest BCUT2D eigenvalue weighted by molar-refractivity contribution is 0.0970. The van der Waals surface area contributed by atoms with Crippen LogP contribution in [-0.2, 0) is 7.05 Å². The second-order valence-corrected chi connectivity index (χ2v) is 7.81. The van der Waals surface area contributed by atoms with Crippen molar-refractivity contribution in [1.29, 1.82) is 0 Å². The molecular formula is C23H26FN3O2. The van der Waals surface area contributed by atoms with E-state index in [0.717, 1.165) is 49.9 Å². The fourth-order valence-corrected chi connectivity index (χ4v) is 4.32. The minimum Gasteiger partial charge on any atom is -0.303 e. The van der Waals surface area contributed by atoms with Crippen LogP contribution in [0.1, 0.15) is 42.1 Å². The molecule has 1 aliphatic heterocycles. The van der Waals surface area contributed by atoms with Gasteiger partial charge in [0.05, 0.1) is 11.0 Å². The molecule has 5 nitrogen and oxygen atoms in total. The first-order chi connectivity index (χ1) is 14.0. The highest BCUT2D eigenvalue weighted by Crippen LogP contribution is 2.25. The molecule has 0 radical (unpaired) electrons. The van der Waals surface area contributed by atoms with Gasteiger partial charge in [0.25, 0.3) is 0 Å². The first-order valence-corrected chi connectivity index (χ1v) is 10.2. The topological polar surface area (TPSA) is 47.2 Å². The van der Waals surface area contributed by atoms with Crippen molar-refractivity contribution in [3.05, 3.63) is 70.4 Å². The molecule has 0 amide bonds. The van der Waals surface area contributed by atoms with Gasteiger partial charge in [-0.25, -0.2) is 9.18 Å². The Morgan fingerprint density at radius 2 is 1.69 bits per heavy atom. The smallest absolute Gasteiger partial charge is 0.303 e. The summed E-state index contributed by atoms with van der Waals surface area (Å²) in [5.41, 5.74) is 2.59. The highest BCUT2D eigenvalue weighted by Gasteiger charge is 2.24. The van der Waals surface area contributed by atoms with Gasteiger partial charge in [0.2, 0.25) is 0 Å². The van der Waals surface area contributed by atoms with Crippen LogP contribution in [0.3, 0.4) is 0 Å². The van der Waals surface area contributed by atoms with Crippen molar-refractivity contribution in [1.82, 2.24) is 14.0 Å². The Kier molecular flexibility index (Phi) is 5.62. The third-order valence-electron chi connectivity index (χ3n) is 5.96. The molecule has 0 atom stereocenters. The van der Waals surface area contributed by atoms with Crippen LogP contribution in [0, 0.1) is 5.82 Å². The van der Waals surface area contributed by atoms with Crippen LogP contribution in [0.5, 0.6) is 0 Å². The zero-order chi connectivity index (χ0) is 20.4. The van der Waals surface area contributed by atoms with Crippen molar-refractivity contribution < 1.29 is 9.18 Å². The Balaban J connectivity index is 1.31. The van der Waals surface area contributed by atoms with E-state index in [0.29, 0.717) is 12.0 Å². The van der Waals surface area contributed by atoms with E-state index in [1.807, 2.05) is 35.9 Å². The molecule has 6 heteroatoms. The average molecular weight is 394 g/mol. The van der Waals surface area contributed by atoms with Gasteiger partial charge < -0.3 is 4.90 Å². The van der Waals surface area contributed by atoms with Crippen LogP contribution in [0.15, 0.2) is 53.3 Å². The first kappa shape index (κ1) is 19.6. The molecule has 1 aromatic heterocycles. The molecule has 2 aromatic carbocycles. The SMILES string of the molecule is Cn1c(=O)n(C2CCN(CCCC(=O)c3ccc([18F])cc3)CC2)c2ccccc21. The highest BCUT2D eigenvalue weighted by atomic mass is 18.2. The lowest BCUT2D eigenvalue weighted by Gasteiger charge is -2.32. The van der Waals surface area contributed by atoms with Gasteiger partial charge in [0, 0.05) is 38.2 Å². The normalized spacial score (nSPS) is 15.8. The van der Waals surface area contributed by atoms with Crippen LogP contribution in [0.25, 0.3) is 11.0 Å². The van der Waals surface area contributed by atoms with Crippen LogP contribution >= 0.6 is 0 Å². The molecule has 152 valence electrons. The molecule has 0 unspecified atom stereocenters. The fraction of sp³-hybridized carbons (Fsp3) is 0.391. The number of hydrogen-bond donors (Lipinski definition) is 0. The molecule has 1 saturated heterocycles. The van der Waals surface area contributed by atoms with Gasteiger partial charge in [-0.15, -0.1) is 0 Å². The average Bonchev–Trinajstić information content (AvgIpc) is 3.00. The maximum Gasteiger partial charge on any atom is 0.329 e. The third kappa shape index (κ3) is 4.03. The Labute approximate surface area is 169 Å². The number of aryl methyl sites for hydroxylation is 1. The molecule has 0 N–H and O–H groups in total. The second-order valence-electron chi connectivity index (χ2n) is 7.81. The van der Waals surface area contributed by atoms with Gasteiger partial charge in [0.1, 0.15) is 5.82 Å². The van der Waals surface area contributed by atoms with Gasteiger partial charge in [0.15, 0.2) is 5.78 Å². The minimum absolute atomic E-state index is 0.0505. The van der Waals surface area contributed by atoms with E-state index in [2.05, 4.69) is 4.90 Å². The summed E-state index contributed by atoms with van der Waals surface area (Å²) in [4.78, 5) is 27.3. The molecule has 0 aliphatic carbocycles. The largest absolute Gasteiger partial charge is 0.329 e. The van der Waals surface area contributed by atoms with E-state index >= 15 is 0 Å². The number of carbonyl (C=O) groups excluding carboxylic acids is 1. The number of halogens is 1. The number of benzene rings is 2. The van der Waals surface area contributed by atoms with Crippen LogP contribution in [0.4, 0.5) is 4.39 Å². The number of likely N-dealkylation sites (tertiary alicyclic amines) is 1. The van der Waals surface area contributed by atoms with Crippen LogP contribution in [-0.4, -0.2) is 39.5 Å². The Hall–Kier alpha value is -2.73. The number of para-hydroxylation sites is 2. The summed E-state index contributed by atoms with van der Waals surface area (Å²) in [6.07, 6.45) is 3.11. The molecule has 0 saturated carbocycles. The number of aromatic nitrogens is 2. The molecule has 1 fully saturated rings. The number of ketones is 1. The Morgan fingerprint density at radius 3 is 2.38 bits per heavy atom. The van der Waals surface area contributed by atoms with Crippen molar-refractivity contribution in [2.45, 2.75) is 31.7 Å². The zero-order valence-corrected chi connectivity index (χ0v) is 16.7. The molecular weight excluding hydrogens is 368 g/mol. The van der Waals surface area contributed by atoms with Crippen molar-refractivity contribution in [3.8, 4) is 0 Å². The molecule has 29 heavy (non-hydrogen) atoms. The Morgan fingerprint density at radius 1 is 1.03 bits per heavy atom. The van der Waals surface area contributed by atoms with E-state index in [9.17, 15) is 14.0 Å². The monoisotopic (exact) mass is 394 g/mol. The van der Waals surface area contributed by atoms with Crippen molar-refractivity contribution in [2.24, 2.45) is 7.05 Å². The number of nitrogens with zero attached hydrogens (tertiary/aromatic N) is 3. The summed E-state index contributed by atoms with van der Waals surface area (Å²) in [6, 6.07) is 13.9. The number of piperidine rings is 1. The molecule has 3 aromatic rings. The lowest BCUT2D eigenvalue weighted by atomic mass is 10.0. The number of Topliss-reactive ketones (excluding diaryl/α,β-unsaturated/α-hetero) is 1. The minimum atomic E-state index is -0.324. The summed E-state index contributed by atoms with van der Waals surface area (Å²) in [5.74, 6) is -0.267. The van der Waals surface area contributed by atoms with Gasteiger partial charge >= 0.3 is 5.69 Å². The van der Waals surface area contributed by atoms with Crippen molar-refractivity contribution in [2.75, 3.05) is 19.6 Å². The third-order valence-corrected chi connectivity index (χ3v) is 5.96. The van der Waals surface area contributed by atoms with Gasteiger partial charge in [-0.05, 0) is 62.2 Å². The highest BCUT2D eigenvalue weighted by molar-refractivity contribution is 5.95. The van der Waals surface area contributed by atoms with Crippen molar-refractivity contribution >= 4 is 16.8 Å². The quantitative estimate of drug-likeness (QED) is 0.598. The van der Waals surface area contributed by atoms with E-state index in [-0.39, 0.29) is 23.3 Å². The molecule has 4 rings (SSSR count). The molecule has 2 heterocycles. The van der Waals surface area contributed by atoms with Crippen LogP contribution < -0.4 is 5.69 Å². The van der Waals surface area contributed by atoms with Gasteiger partial charge in [-0.2, -0.15) is 0 Å². The number of fused-ring (bicyclic) bond motifs is 1. The van der Waals surface area contributed by atoms with E-state index in [4.69, 9.17) is 0 Å². The lowest BCUT2D eigenvalue weighted by Crippen LogP contribution is -2.38. The molecule has 1 aliphatic rings. The van der Waals surface area contributed by atoms with E-state index in [1.54, 1.807) is 16.7 Å². The first-order valence-electron chi connectivity index (χ1n) is 10.2. The predicted molar refractivity (Wildman–Crippen MR) is 112 cm³/mol. The number of carbonyl (C=O) groups is 1. The second kappa shape index (κ2) is 8.33. The predicted octanol–water partition coefficient (Wildman–Crippen LogP) is 3.78. The van der Waals surface area contributed by atoms with Gasteiger partial charge in [-0.3, -0.25) is 13.9 Å². The number of hydrogen-bond acceptors (Lipinski definition) is 3. The summed E-state index contributed by atoms with van der Waals surface area (Å²) < 4.78 is 16.6. The number of imidazole rings is 1. The van der Waals surface area contributed by atoms with Gasteiger partial charge in [-0.1, -0.05) is 12.1 Å². The zero-order valence-electron chi connectivity index (χ0n) is 16.7. The van der Waals surface area contributed by atoms with Crippen molar-refractivity contribution in [3.63, 3.8) is 0 Å². The van der Waals surface area contributed by atoms with E-state index in [1.165, 1.54) is 12.1 Å². The number of rotatable bonds is 6.